The number of rotatable bonds is 3. The summed E-state index contributed by atoms with van der Waals surface area (Å²) in [6.45, 7) is 1.08. The number of piperidine rings is 1. The van der Waals surface area contributed by atoms with Crippen LogP contribution in [0.1, 0.15) is 18.5 Å². The van der Waals surface area contributed by atoms with Gasteiger partial charge in [0, 0.05) is 37.7 Å². The van der Waals surface area contributed by atoms with Gasteiger partial charge in [-0.05, 0) is 18.9 Å². The molecule has 1 saturated heterocycles. The molecule has 1 fully saturated rings. The maximum Gasteiger partial charge on any atom is 0.433 e. The molecule has 10 heteroatoms. The van der Waals surface area contributed by atoms with E-state index in [4.69, 9.17) is 0 Å². The Morgan fingerprint density at radius 2 is 2.12 bits per heavy atom. The van der Waals surface area contributed by atoms with Crippen LogP contribution in [0, 0.1) is 0 Å². The topological polar surface area (TPSA) is 86.8 Å². The van der Waals surface area contributed by atoms with E-state index in [9.17, 15) is 18.0 Å². The first-order chi connectivity index (χ1) is 11.4. The van der Waals surface area contributed by atoms with E-state index >= 15 is 0 Å². The molecule has 0 amide bonds. The second-order valence-electron chi connectivity index (χ2n) is 5.43. The van der Waals surface area contributed by atoms with Crippen LogP contribution in [0.15, 0.2) is 29.5 Å². The molecule has 0 radical (unpaired) electrons. The fourth-order valence-corrected chi connectivity index (χ4v) is 2.63. The molecule has 2 N–H and O–H groups in total. The zero-order valence-corrected chi connectivity index (χ0v) is 12.5. The summed E-state index contributed by atoms with van der Waals surface area (Å²) in [4.78, 5) is 27.6. The van der Waals surface area contributed by atoms with Crippen molar-refractivity contribution in [2.24, 2.45) is 0 Å². The van der Waals surface area contributed by atoms with Gasteiger partial charge in [-0.3, -0.25) is 4.79 Å². The maximum atomic E-state index is 12.7. The van der Waals surface area contributed by atoms with Crippen LogP contribution in [0.4, 0.5) is 24.9 Å². The zero-order valence-electron chi connectivity index (χ0n) is 12.5. The van der Waals surface area contributed by atoms with Crippen LogP contribution in [0.3, 0.4) is 0 Å². The van der Waals surface area contributed by atoms with Gasteiger partial charge < -0.3 is 15.2 Å². The normalized spacial score (nSPS) is 18.5. The van der Waals surface area contributed by atoms with Gasteiger partial charge in [0.2, 0.25) is 5.95 Å². The molecule has 3 rings (SSSR count). The highest BCUT2D eigenvalue weighted by Crippen LogP contribution is 2.27. The molecule has 7 nitrogen and oxygen atoms in total. The third-order valence-corrected chi connectivity index (χ3v) is 3.69. The Balaban J connectivity index is 1.72. The van der Waals surface area contributed by atoms with Crippen LogP contribution in [0.2, 0.25) is 0 Å². The lowest BCUT2D eigenvalue weighted by Gasteiger charge is -2.33. The van der Waals surface area contributed by atoms with Gasteiger partial charge >= 0.3 is 6.18 Å². The van der Waals surface area contributed by atoms with Gasteiger partial charge in [-0.15, -0.1) is 0 Å². The largest absolute Gasteiger partial charge is 0.433 e. The van der Waals surface area contributed by atoms with Gasteiger partial charge in [-0.25, -0.2) is 15.0 Å². The quantitative estimate of drug-likeness (QED) is 0.884. The van der Waals surface area contributed by atoms with Crippen molar-refractivity contribution >= 4 is 11.8 Å². The summed E-state index contributed by atoms with van der Waals surface area (Å²) in [5.74, 6) is 0.223. The van der Waals surface area contributed by atoms with Crippen LogP contribution in [-0.2, 0) is 6.18 Å². The molecular formula is C14H15F3N6O. The van der Waals surface area contributed by atoms with Crippen LogP contribution in [-0.4, -0.2) is 39.1 Å². The molecule has 0 aromatic carbocycles. The number of aromatic nitrogens is 4. The second-order valence-corrected chi connectivity index (χ2v) is 5.43. The summed E-state index contributed by atoms with van der Waals surface area (Å²) in [5, 5.41) is 2.91. The third-order valence-electron chi connectivity index (χ3n) is 3.69. The second kappa shape index (κ2) is 6.46. The number of nitrogens with zero attached hydrogens (tertiary/aromatic N) is 4. The molecule has 0 saturated carbocycles. The van der Waals surface area contributed by atoms with Gasteiger partial charge in [0.15, 0.2) is 5.82 Å². The van der Waals surface area contributed by atoms with Crippen LogP contribution < -0.4 is 15.8 Å². The van der Waals surface area contributed by atoms with Crippen molar-refractivity contribution in [1.29, 1.82) is 0 Å². The summed E-state index contributed by atoms with van der Waals surface area (Å²) in [6.07, 6.45) is 1.00. The third kappa shape index (κ3) is 3.63. The van der Waals surface area contributed by atoms with E-state index in [1.807, 2.05) is 0 Å². The monoisotopic (exact) mass is 340 g/mol. The highest BCUT2D eigenvalue weighted by Gasteiger charge is 2.33. The zero-order chi connectivity index (χ0) is 17.2. The molecule has 2 aromatic heterocycles. The summed E-state index contributed by atoms with van der Waals surface area (Å²) < 4.78 is 38.1. The van der Waals surface area contributed by atoms with Gasteiger partial charge in [0.25, 0.3) is 5.56 Å². The maximum absolute atomic E-state index is 12.7. The number of alkyl halides is 3. The average Bonchev–Trinajstić information content (AvgIpc) is 2.55. The van der Waals surface area contributed by atoms with Crippen molar-refractivity contribution in [1.82, 2.24) is 19.9 Å². The van der Waals surface area contributed by atoms with Gasteiger partial charge in [-0.2, -0.15) is 13.2 Å². The predicted octanol–water partition coefficient (Wildman–Crippen LogP) is 1.66. The van der Waals surface area contributed by atoms with Gasteiger partial charge in [-0.1, -0.05) is 0 Å². The lowest BCUT2D eigenvalue weighted by molar-refractivity contribution is -0.141. The Hall–Kier alpha value is -2.65. The number of halogens is 3. The van der Waals surface area contributed by atoms with Gasteiger partial charge in [0.1, 0.15) is 5.69 Å². The molecule has 0 aliphatic carbocycles. The Bertz CT molecular complexity index is 762. The van der Waals surface area contributed by atoms with Crippen LogP contribution in [0.25, 0.3) is 0 Å². The van der Waals surface area contributed by atoms with E-state index in [0.29, 0.717) is 18.9 Å². The summed E-state index contributed by atoms with van der Waals surface area (Å²) in [5.41, 5.74) is -1.29. The average molecular weight is 340 g/mol. The molecule has 1 aliphatic heterocycles. The first-order valence-electron chi connectivity index (χ1n) is 7.39. The Kier molecular flexibility index (Phi) is 4.36. The Morgan fingerprint density at radius 1 is 1.29 bits per heavy atom. The summed E-state index contributed by atoms with van der Waals surface area (Å²) in [6, 6.07) is 0.648. The van der Waals surface area contributed by atoms with Crippen molar-refractivity contribution < 1.29 is 13.2 Å². The first kappa shape index (κ1) is 16.2. The lowest BCUT2D eigenvalue weighted by Crippen LogP contribution is -2.44. The molecule has 3 heterocycles. The number of H-pyrrole nitrogens is 1. The fourth-order valence-electron chi connectivity index (χ4n) is 2.63. The standard InChI is InChI=1S/C14H15F3N6O/c15-14(16,17)10-3-4-20-13(22-10)21-9-2-1-7-23(8-9)11-12(24)19-6-5-18-11/h3-6,9H,1-2,7-8H2,(H,19,24)(H,20,21,22)/t9-/m0/s1. The predicted molar refractivity (Wildman–Crippen MR) is 80.7 cm³/mol. The molecule has 2 aromatic rings. The first-order valence-corrected chi connectivity index (χ1v) is 7.39. The van der Waals surface area contributed by atoms with Crippen LogP contribution >= 0.6 is 0 Å². The molecule has 0 unspecified atom stereocenters. The van der Waals surface area contributed by atoms with Crippen molar-refractivity contribution in [3.63, 3.8) is 0 Å². The Labute approximate surface area is 135 Å². The molecule has 24 heavy (non-hydrogen) atoms. The number of anilines is 2. The molecule has 0 spiro atoms. The van der Waals surface area contributed by atoms with E-state index < -0.39 is 11.9 Å². The fraction of sp³-hybridized carbons (Fsp3) is 0.429. The number of hydrogen-bond acceptors (Lipinski definition) is 6. The van der Waals surface area contributed by atoms with Gasteiger partial charge in [0.05, 0.1) is 0 Å². The number of hydrogen-bond donors (Lipinski definition) is 2. The molecule has 1 aliphatic rings. The minimum Gasteiger partial charge on any atom is -0.350 e. The molecule has 128 valence electrons. The molecule has 1 atom stereocenters. The number of aromatic amines is 1. The van der Waals surface area contributed by atoms with E-state index in [2.05, 4.69) is 25.3 Å². The highest BCUT2D eigenvalue weighted by molar-refractivity contribution is 5.38. The highest BCUT2D eigenvalue weighted by atomic mass is 19.4. The summed E-state index contributed by atoms with van der Waals surface area (Å²) >= 11 is 0. The Morgan fingerprint density at radius 3 is 2.88 bits per heavy atom. The van der Waals surface area contributed by atoms with E-state index in [-0.39, 0.29) is 17.5 Å². The van der Waals surface area contributed by atoms with Crippen molar-refractivity contribution in [3.8, 4) is 0 Å². The number of nitrogens with one attached hydrogen (secondary N) is 2. The van der Waals surface area contributed by atoms with Crippen molar-refractivity contribution in [2.75, 3.05) is 23.3 Å². The van der Waals surface area contributed by atoms with Crippen molar-refractivity contribution in [2.45, 2.75) is 25.1 Å². The lowest BCUT2D eigenvalue weighted by atomic mass is 10.1. The smallest absolute Gasteiger partial charge is 0.350 e. The van der Waals surface area contributed by atoms with E-state index in [0.717, 1.165) is 25.1 Å². The minimum absolute atomic E-state index is 0.0772. The minimum atomic E-state index is -4.51. The molecular weight excluding hydrogens is 325 g/mol. The summed E-state index contributed by atoms with van der Waals surface area (Å²) in [7, 11) is 0. The molecule has 0 bridgehead atoms. The van der Waals surface area contributed by atoms with E-state index in [1.54, 1.807) is 4.90 Å². The van der Waals surface area contributed by atoms with Crippen molar-refractivity contribution in [3.05, 3.63) is 40.7 Å². The van der Waals surface area contributed by atoms with Crippen LogP contribution in [0.5, 0.6) is 0 Å². The van der Waals surface area contributed by atoms with E-state index in [1.165, 1.54) is 12.4 Å². The SMILES string of the molecule is O=c1[nH]ccnc1N1CCC[C@H](Nc2nccc(C(F)(F)F)n2)C1.